The number of likely N-dealkylation sites (tertiary alicyclic amines) is 1. The van der Waals surface area contributed by atoms with Crippen molar-refractivity contribution >= 4 is 10.0 Å². The van der Waals surface area contributed by atoms with Gasteiger partial charge < -0.3 is 10.6 Å². The van der Waals surface area contributed by atoms with Crippen LogP contribution in [0.15, 0.2) is 23.1 Å². The minimum absolute atomic E-state index is 0.0582. The van der Waals surface area contributed by atoms with Crippen LogP contribution in [0.2, 0.25) is 0 Å². The highest BCUT2D eigenvalue weighted by Crippen LogP contribution is 2.17. The summed E-state index contributed by atoms with van der Waals surface area (Å²) in [6.07, 6.45) is 3.56. The second-order valence-electron chi connectivity index (χ2n) is 5.26. The molecule has 1 aromatic rings. The van der Waals surface area contributed by atoms with E-state index in [-0.39, 0.29) is 11.4 Å². The van der Waals surface area contributed by atoms with Crippen LogP contribution in [0.3, 0.4) is 0 Å². The van der Waals surface area contributed by atoms with Gasteiger partial charge in [0.15, 0.2) is 0 Å². The van der Waals surface area contributed by atoms with Gasteiger partial charge in [0.25, 0.3) is 0 Å². The Morgan fingerprint density at radius 3 is 2.62 bits per heavy atom. The molecule has 2 rings (SSSR count). The van der Waals surface area contributed by atoms with Crippen LogP contribution in [-0.2, 0) is 16.6 Å². The Bertz CT molecular complexity index is 572. The molecule has 0 atom stereocenters. The summed E-state index contributed by atoms with van der Waals surface area (Å²) in [5.41, 5.74) is 5.94. The molecule has 1 aromatic carbocycles. The Hall–Kier alpha value is -1.02. The summed E-state index contributed by atoms with van der Waals surface area (Å²) in [5.74, 6) is -0.580. The van der Waals surface area contributed by atoms with E-state index in [0.717, 1.165) is 32.0 Å². The number of halogens is 1. The molecule has 5 nitrogen and oxygen atoms in total. The maximum absolute atomic E-state index is 13.3. The van der Waals surface area contributed by atoms with Crippen molar-refractivity contribution in [3.05, 3.63) is 29.6 Å². The van der Waals surface area contributed by atoms with Gasteiger partial charge in [-0.15, -0.1) is 0 Å². The number of hydrogen-bond donors (Lipinski definition) is 2. The Kier molecular flexibility index (Phi) is 5.69. The van der Waals surface area contributed by atoms with E-state index in [0.29, 0.717) is 18.7 Å². The first-order valence-electron chi connectivity index (χ1n) is 7.23. The van der Waals surface area contributed by atoms with E-state index < -0.39 is 15.8 Å². The predicted octanol–water partition coefficient (Wildman–Crippen LogP) is 1.05. The van der Waals surface area contributed by atoms with Crippen molar-refractivity contribution < 1.29 is 12.8 Å². The summed E-state index contributed by atoms with van der Waals surface area (Å²) < 4.78 is 40.3. The van der Waals surface area contributed by atoms with Gasteiger partial charge >= 0.3 is 0 Å². The first-order valence-corrected chi connectivity index (χ1v) is 8.72. The van der Waals surface area contributed by atoms with Crippen molar-refractivity contribution in [3.8, 4) is 0 Å². The quantitative estimate of drug-likeness (QED) is 0.823. The van der Waals surface area contributed by atoms with Crippen LogP contribution in [0, 0.1) is 5.82 Å². The van der Waals surface area contributed by atoms with E-state index in [2.05, 4.69) is 9.62 Å². The van der Waals surface area contributed by atoms with Crippen molar-refractivity contribution in [1.82, 2.24) is 9.62 Å². The third-order valence-corrected chi connectivity index (χ3v) is 5.25. The van der Waals surface area contributed by atoms with Gasteiger partial charge in [-0.1, -0.05) is 12.5 Å². The zero-order chi connectivity index (χ0) is 15.3. The fourth-order valence-corrected chi connectivity index (χ4v) is 3.83. The molecule has 1 heterocycles. The first kappa shape index (κ1) is 16.4. The van der Waals surface area contributed by atoms with Gasteiger partial charge in [-0.2, -0.15) is 0 Å². The van der Waals surface area contributed by atoms with Crippen LogP contribution in [0.4, 0.5) is 4.39 Å². The van der Waals surface area contributed by atoms with Crippen LogP contribution in [0.5, 0.6) is 0 Å². The van der Waals surface area contributed by atoms with Crippen molar-refractivity contribution in [1.29, 1.82) is 0 Å². The fourth-order valence-electron chi connectivity index (χ4n) is 2.55. The highest BCUT2D eigenvalue weighted by atomic mass is 32.2. The summed E-state index contributed by atoms with van der Waals surface area (Å²) in [6, 6.07) is 3.65. The average molecular weight is 315 g/mol. The second kappa shape index (κ2) is 7.31. The van der Waals surface area contributed by atoms with Gasteiger partial charge in [0.2, 0.25) is 10.0 Å². The Labute approximate surface area is 125 Å². The molecule has 0 radical (unpaired) electrons. The number of sulfonamides is 1. The van der Waals surface area contributed by atoms with Gasteiger partial charge in [-0.05, 0) is 43.6 Å². The van der Waals surface area contributed by atoms with Gasteiger partial charge in [0.1, 0.15) is 5.82 Å². The number of nitrogens with zero attached hydrogens (tertiary/aromatic N) is 1. The minimum Gasteiger partial charge on any atom is -0.326 e. The molecule has 0 unspecified atom stereocenters. The minimum atomic E-state index is -3.72. The maximum atomic E-state index is 13.3. The molecule has 0 bridgehead atoms. The third kappa shape index (κ3) is 4.47. The predicted molar refractivity (Wildman–Crippen MR) is 79.8 cm³/mol. The summed E-state index contributed by atoms with van der Waals surface area (Å²) >= 11 is 0. The van der Waals surface area contributed by atoms with E-state index in [1.165, 1.54) is 18.6 Å². The zero-order valence-electron chi connectivity index (χ0n) is 12.0. The van der Waals surface area contributed by atoms with Crippen LogP contribution < -0.4 is 10.5 Å². The monoisotopic (exact) mass is 315 g/mol. The van der Waals surface area contributed by atoms with E-state index in [1.807, 2.05) is 0 Å². The topological polar surface area (TPSA) is 75.4 Å². The van der Waals surface area contributed by atoms with Crippen LogP contribution >= 0.6 is 0 Å². The van der Waals surface area contributed by atoms with Crippen molar-refractivity contribution in [2.75, 3.05) is 26.2 Å². The van der Waals surface area contributed by atoms with Crippen molar-refractivity contribution in [3.63, 3.8) is 0 Å². The summed E-state index contributed by atoms with van der Waals surface area (Å²) in [6.45, 7) is 3.07. The van der Waals surface area contributed by atoms with E-state index in [4.69, 9.17) is 5.73 Å². The van der Waals surface area contributed by atoms with Gasteiger partial charge in [-0.3, -0.25) is 0 Å². The van der Waals surface area contributed by atoms with Crippen LogP contribution in [0.25, 0.3) is 0 Å². The Balaban J connectivity index is 1.99. The molecule has 0 saturated carbocycles. The number of benzene rings is 1. The van der Waals surface area contributed by atoms with E-state index in [1.54, 1.807) is 0 Å². The lowest BCUT2D eigenvalue weighted by atomic mass is 10.1. The molecule has 0 amide bonds. The average Bonchev–Trinajstić information content (AvgIpc) is 2.48. The second-order valence-corrected chi connectivity index (χ2v) is 6.99. The normalized spacial score (nSPS) is 17.0. The Morgan fingerprint density at radius 2 is 1.95 bits per heavy atom. The van der Waals surface area contributed by atoms with E-state index in [9.17, 15) is 12.8 Å². The molecule has 1 aliphatic rings. The number of nitrogens with two attached hydrogens (primary N) is 1. The van der Waals surface area contributed by atoms with Crippen LogP contribution in [0.1, 0.15) is 24.8 Å². The van der Waals surface area contributed by atoms with E-state index >= 15 is 0 Å². The molecule has 1 fully saturated rings. The largest absolute Gasteiger partial charge is 0.326 e. The molecular weight excluding hydrogens is 293 g/mol. The Morgan fingerprint density at radius 1 is 1.24 bits per heavy atom. The summed E-state index contributed by atoms with van der Waals surface area (Å²) in [7, 11) is -3.72. The molecule has 3 N–H and O–H groups in total. The molecule has 0 aromatic heterocycles. The lowest BCUT2D eigenvalue weighted by Crippen LogP contribution is -2.37. The maximum Gasteiger partial charge on any atom is 0.241 e. The SMILES string of the molecule is NCc1ccc(F)cc1S(=O)(=O)NCCN1CCCCC1. The van der Waals surface area contributed by atoms with Gasteiger partial charge in [-0.25, -0.2) is 17.5 Å². The highest BCUT2D eigenvalue weighted by Gasteiger charge is 2.19. The van der Waals surface area contributed by atoms with Gasteiger partial charge in [0, 0.05) is 19.6 Å². The lowest BCUT2D eigenvalue weighted by molar-refractivity contribution is 0.233. The lowest BCUT2D eigenvalue weighted by Gasteiger charge is -2.26. The highest BCUT2D eigenvalue weighted by molar-refractivity contribution is 7.89. The standard InChI is InChI=1S/C14H22FN3O2S/c15-13-5-4-12(11-16)14(10-13)21(19,20)17-6-9-18-7-2-1-3-8-18/h4-5,10,17H,1-3,6-9,11,16H2. The molecule has 21 heavy (non-hydrogen) atoms. The molecule has 7 heteroatoms. The van der Waals surface area contributed by atoms with Gasteiger partial charge in [0.05, 0.1) is 4.90 Å². The van der Waals surface area contributed by atoms with Crippen molar-refractivity contribution in [2.24, 2.45) is 5.73 Å². The number of rotatable bonds is 6. The summed E-state index contributed by atoms with van der Waals surface area (Å²) in [4.78, 5) is 2.17. The molecular formula is C14H22FN3O2S. The first-order chi connectivity index (χ1) is 10.0. The number of hydrogen-bond acceptors (Lipinski definition) is 4. The fraction of sp³-hybridized carbons (Fsp3) is 0.571. The number of nitrogens with one attached hydrogen (secondary N) is 1. The third-order valence-electron chi connectivity index (χ3n) is 3.71. The molecule has 0 aliphatic carbocycles. The van der Waals surface area contributed by atoms with Crippen LogP contribution in [-0.4, -0.2) is 39.5 Å². The zero-order valence-corrected chi connectivity index (χ0v) is 12.8. The molecule has 1 aliphatic heterocycles. The smallest absolute Gasteiger partial charge is 0.241 e. The summed E-state index contributed by atoms with van der Waals surface area (Å²) in [5, 5.41) is 0. The van der Waals surface area contributed by atoms with Crippen molar-refractivity contribution in [2.45, 2.75) is 30.7 Å². The molecule has 1 saturated heterocycles. The number of piperidine rings is 1. The molecule has 118 valence electrons. The molecule has 0 spiro atoms.